The maximum absolute atomic E-state index is 13.6. The van der Waals surface area contributed by atoms with Crippen LogP contribution in [0.4, 0.5) is 24.5 Å². The molecule has 3 amide bonds. The first kappa shape index (κ1) is 36.5. The molecule has 0 spiro atoms. The molecule has 0 aromatic heterocycles. The van der Waals surface area contributed by atoms with Gasteiger partial charge in [-0.2, -0.15) is 13.2 Å². The number of hydrogen-bond donors (Lipinski definition) is 3. The topological polar surface area (TPSA) is 96.5 Å². The van der Waals surface area contributed by atoms with Crippen LogP contribution < -0.4 is 20.7 Å². The molecule has 5 rings (SSSR count). The number of rotatable bonds is 13. The van der Waals surface area contributed by atoms with E-state index >= 15 is 0 Å². The van der Waals surface area contributed by atoms with E-state index in [1.54, 1.807) is 91.9 Å². The van der Waals surface area contributed by atoms with Gasteiger partial charge in [0.25, 0.3) is 11.8 Å². The van der Waals surface area contributed by atoms with Crippen molar-refractivity contribution in [1.82, 2.24) is 5.32 Å². The van der Waals surface area contributed by atoms with E-state index in [9.17, 15) is 27.6 Å². The van der Waals surface area contributed by atoms with Gasteiger partial charge in [0.05, 0.1) is 10.8 Å². The smallest absolute Gasteiger partial charge is 0.416 e. The maximum Gasteiger partial charge on any atom is 0.416 e. The Morgan fingerprint density at radius 1 is 0.765 bits per heavy atom. The molecule has 0 heterocycles. The van der Waals surface area contributed by atoms with Gasteiger partial charge in [0.15, 0.2) is 0 Å². The van der Waals surface area contributed by atoms with Crippen molar-refractivity contribution in [2.45, 2.75) is 36.3 Å². The molecule has 0 saturated heterocycles. The number of halogens is 3. The minimum Gasteiger partial charge on any atom is -0.489 e. The third-order valence-electron chi connectivity index (χ3n) is 7.46. The van der Waals surface area contributed by atoms with Crippen molar-refractivity contribution in [2.24, 2.45) is 0 Å². The number of ether oxygens (including phenoxy) is 1. The minimum atomic E-state index is -4.54. The van der Waals surface area contributed by atoms with Gasteiger partial charge in [0.1, 0.15) is 18.1 Å². The van der Waals surface area contributed by atoms with Crippen LogP contribution in [-0.4, -0.2) is 23.0 Å². The molecule has 0 aliphatic carbocycles. The molecule has 7 nitrogen and oxygen atoms in total. The second kappa shape index (κ2) is 17.2. The predicted octanol–water partition coefficient (Wildman–Crippen LogP) is 9.20. The molecule has 0 aliphatic heterocycles. The molecule has 0 fully saturated rings. The summed E-state index contributed by atoms with van der Waals surface area (Å²) in [6.07, 6.45) is -2.59. The summed E-state index contributed by atoms with van der Waals surface area (Å²) in [5.74, 6) is -0.873. The highest BCUT2D eigenvalue weighted by Crippen LogP contribution is 2.32. The summed E-state index contributed by atoms with van der Waals surface area (Å²) < 4.78 is 45.3. The minimum absolute atomic E-state index is 0.00763. The molecule has 0 bridgehead atoms. The summed E-state index contributed by atoms with van der Waals surface area (Å²) in [6, 6.07) is 36.6. The van der Waals surface area contributed by atoms with Crippen molar-refractivity contribution < 1.29 is 32.3 Å². The van der Waals surface area contributed by atoms with Crippen molar-refractivity contribution in [3.63, 3.8) is 0 Å². The first-order valence-electron chi connectivity index (χ1n) is 16.0. The summed E-state index contributed by atoms with van der Waals surface area (Å²) in [5, 5.41) is 7.49. The Balaban J connectivity index is 1.29. The molecule has 1 unspecified atom stereocenters. The lowest BCUT2D eigenvalue weighted by Crippen LogP contribution is -2.30. The highest BCUT2D eigenvalue weighted by Gasteiger charge is 2.30. The van der Waals surface area contributed by atoms with Crippen molar-refractivity contribution in [3.05, 3.63) is 161 Å². The normalized spacial score (nSPS) is 12.0. The Morgan fingerprint density at radius 2 is 1.41 bits per heavy atom. The third-order valence-corrected chi connectivity index (χ3v) is 8.82. The van der Waals surface area contributed by atoms with Crippen LogP contribution >= 0.6 is 11.8 Å². The van der Waals surface area contributed by atoms with Crippen molar-refractivity contribution in [3.8, 4) is 5.75 Å². The second-order valence-electron chi connectivity index (χ2n) is 11.3. The molecular weight excluding hydrogens is 676 g/mol. The highest BCUT2D eigenvalue weighted by molar-refractivity contribution is 8.00. The van der Waals surface area contributed by atoms with Gasteiger partial charge >= 0.3 is 6.18 Å². The molecule has 5 aromatic carbocycles. The predicted molar refractivity (Wildman–Crippen MR) is 194 cm³/mol. The fourth-order valence-electron chi connectivity index (χ4n) is 4.84. The van der Waals surface area contributed by atoms with Gasteiger partial charge in [-0.05, 0) is 84.3 Å². The van der Waals surface area contributed by atoms with Crippen molar-refractivity contribution >= 4 is 46.9 Å². The van der Waals surface area contributed by atoms with E-state index in [0.717, 1.165) is 17.7 Å². The summed E-state index contributed by atoms with van der Waals surface area (Å²) in [5.41, 5.74) is 1.61. The van der Waals surface area contributed by atoms with Gasteiger partial charge in [0.2, 0.25) is 5.91 Å². The fourth-order valence-corrected chi connectivity index (χ4v) is 5.85. The summed E-state index contributed by atoms with van der Waals surface area (Å²) in [7, 11) is 0. The number of carbonyl (C=O) groups excluding carboxylic acids is 3. The third kappa shape index (κ3) is 10.8. The Hall–Kier alpha value is -5.81. The zero-order valence-electron chi connectivity index (χ0n) is 27.4. The van der Waals surface area contributed by atoms with Crippen LogP contribution in [0.15, 0.2) is 144 Å². The molecule has 51 heavy (non-hydrogen) atoms. The van der Waals surface area contributed by atoms with Crippen LogP contribution in [0.1, 0.15) is 40.4 Å². The Kier molecular flexibility index (Phi) is 12.3. The standard InChI is InChI=1S/C40H34F3N3O4S/c1-2-36(39(49)45-31-16-9-15-30(24-31)40(41,42)43)51-34-18-10-17-32(25-34)44-38(48)35(46-37(47)29-13-7-4-8-14-29)23-27-19-21-33(22-20-27)50-26-28-11-5-3-6-12-28/h3-25,36H,2,26H2,1H3,(H,44,48)(H,45,49)(H,46,47)/b35-23-. The first-order chi connectivity index (χ1) is 24.6. The van der Waals surface area contributed by atoms with Crippen molar-refractivity contribution in [2.75, 3.05) is 10.6 Å². The summed E-state index contributed by atoms with van der Waals surface area (Å²) >= 11 is 1.21. The molecule has 5 aromatic rings. The van der Waals surface area contributed by atoms with E-state index in [0.29, 0.717) is 40.5 Å². The SMILES string of the molecule is CCC(Sc1cccc(NC(=O)/C(=C/c2ccc(OCc3ccccc3)cc2)NC(=O)c2ccccc2)c1)C(=O)Nc1cccc(C(F)(F)F)c1. The van der Waals surface area contributed by atoms with Gasteiger partial charge in [-0.25, -0.2) is 0 Å². The zero-order valence-corrected chi connectivity index (χ0v) is 28.3. The Morgan fingerprint density at radius 3 is 2.08 bits per heavy atom. The lowest BCUT2D eigenvalue weighted by Gasteiger charge is -2.16. The molecule has 0 aliphatic rings. The van der Waals surface area contributed by atoms with E-state index in [1.165, 1.54) is 23.9 Å². The molecule has 3 N–H and O–H groups in total. The van der Waals surface area contributed by atoms with Gasteiger partial charge in [-0.3, -0.25) is 14.4 Å². The number of nitrogens with one attached hydrogen (secondary N) is 3. The van der Waals surface area contributed by atoms with E-state index in [4.69, 9.17) is 4.74 Å². The van der Waals surface area contributed by atoms with E-state index in [2.05, 4.69) is 16.0 Å². The quantitative estimate of drug-likeness (QED) is 0.0837. The maximum atomic E-state index is 13.6. The second-order valence-corrected chi connectivity index (χ2v) is 12.6. The zero-order chi connectivity index (χ0) is 36.2. The summed E-state index contributed by atoms with van der Waals surface area (Å²) in [4.78, 5) is 40.4. The summed E-state index contributed by atoms with van der Waals surface area (Å²) in [6.45, 7) is 2.19. The van der Waals surface area contributed by atoms with Crippen LogP contribution in [0.5, 0.6) is 5.75 Å². The van der Waals surface area contributed by atoms with Crippen LogP contribution in [0, 0.1) is 0 Å². The van der Waals surface area contributed by atoms with Gasteiger partial charge in [-0.15, -0.1) is 11.8 Å². The Labute approximate surface area is 297 Å². The van der Waals surface area contributed by atoms with E-state index in [-0.39, 0.29) is 11.4 Å². The molecular formula is C40H34F3N3O4S. The number of carbonyl (C=O) groups is 3. The number of thioether (sulfide) groups is 1. The number of amides is 3. The average Bonchev–Trinajstić information content (AvgIpc) is 3.14. The van der Waals surface area contributed by atoms with Gasteiger partial charge in [-0.1, -0.05) is 79.7 Å². The number of anilines is 2. The van der Waals surface area contributed by atoms with Crippen molar-refractivity contribution in [1.29, 1.82) is 0 Å². The monoisotopic (exact) mass is 709 g/mol. The number of alkyl halides is 3. The molecule has 1 atom stereocenters. The largest absolute Gasteiger partial charge is 0.489 e. The lowest BCUT2D eigenvalue weighted by atomic mass is 10.1. The van der Waals surface area contributed by atoms with Crippen LogP contribution in [0.2, 0.25) is 0 Å². The molecule has 0 radical (unpaired) electrons. The molecule has 0 saturated carbocycles. The molecule has 11 heteroatoms. The van der Waals surface area contributed by atoms with Gasteiger partial charge in [0, 0.05) is 21.8 Å². The van der Waals surface area contributed by atoms with Crippen LogP contribution in [-0.2, 0) is 22.4 Å². The average molecular weight is 710 g/mol. The first-order valence-corrected chi connectivity index (χ1v) is 16.9. The Bertz CT molecular complexity index is 1990. The highest BCUT2D eigenvalue weighted by atomic mass is 32.2. The van der Waals surface area contributed by atoms with E-state index in [1.807, 2.05) is 30.3 Å². The van der Waals surface area contributed by atoms with Crippen LogP contribution in [0.25, 0.3) is 6.08 Å². The lowest BCUT2D eigenvalue weighted by molar-refractivity contribution is -0.137. The fraction of sp³-hybridized carbons (Fsp3) is 0.125. The molecule has 260 valence electrons. The van der Waals surface area contributed by atoms with E-state index < -0.39 is 34.7 Å². The van der Waals surface area contributed by atoms with Gasteiger partial charge < -0.3 is 20.7 Å². The number of hydrogen-bond acceptors (Lipinski definition) is 5. The number of benzene rings is 5. The van der Waals surface area contributed by atoms with Crippen LogP contribution in [0.3, 0.4) is 0 Å².